The van der Waals surface area contributed by atoms with Crippen molar-refractivity contribution in [2.24, 2.45) is 5.92 Å². The normalized spacial score (nSPS) is 13.9. The van der Waals surface area contributed by atoms with Crippen LogP contribution in [0.5, 0.6) is 0 Å². The maximum atomic E-state index is 11.2. The molecule has 4 nitrogen and oxygen atoms in total. The maximum Gasteiger partial charge on any atom is 0.150 e. The molecule has 0 aliphatic carbocycles. The van der Waals surface area contributed by atoms with Gasteiger partial charge in [0.05, 0.1) is 5.75 Å². The van der Waals surface area contributed by atoms with Crippen LogP contribution in [0.4, 0.5) is 0 Å². The molecule has 5 heteroatoms. The molecular weight excluding hydrogens is 226 g/mol. The average molecular weight is 251 g/mol. The summed E-state index contributed by atoms with van der Waals surface area (Å²) in [6.07, 6.45) is 2.73. The Morgan fingerprint density at radius 1 is 1.25 bits per heavy atom. The molecule has 98 valence electrons. The number of aliphatic hydroxyl groups excluding tert-OH is 1. The number of nitrogens with one attached hydrogen (secondary N) is 1. The van der Waals surface area contributed by atoms with E-state index in [9.17, 15) is 8.42 Å². The van der Waals surface area contributed by atoms with E-state index in [1.165, 1.54) is 0 Å². The number of hydrogen-bond acceptors (Lipinski definition) is 4. The summed E-state index contributed by atoms with van der Waals surface area (Å²) in [4.78, 5) is 0. The third-order valence-corrected chi connectivity index (χ3v) is 4.40. The Hall–Kier alpha value is -0.130. The summed E-state index contributed by atoms with van der Waals surface area (Å²) in [6.45, 7) is 5.60. The zero-order valence-corrected chi connectivity index (χ0v) is 11.2. The van der Waals surface area contributed by atoms with Crippen LogP contribution in [0.1, 0.15) is 33.1 Å². The fourth-order valence-corrected chi connectivity index (χ4v) is 2.23. The molecule has 0 saturated heterocycles. The summed E-state index contributed by atoms with van der Waals surface area (Å²) in [7, 11) is -2.80. The Morgan fingerprint density at radius 2 is 1.88 bits per heavy atom. The molecule has 1 unspecified atom stereocenters. The van der Waals surface area contributed by atoms with Crippen molar-refractivity contribution in [1.29, 1.82) is 0 Å². The number of aliphatic hydroxyl groups is 1. The Kier molecular flexibility index (Phi) is 8.89. The molecule has 0 saturated carbocycles. The van der Waals surface area contributed by atoms with Gasteiger partial charge in [-0.2, -0.15) is 0 Å². The third-order valence-electron chi connectivity index (χ3n) is 2.61. The van der Waals surface area contributed by atoms with Gasteiger partial charge in [-0.1, -0.05) is 13.8 Å². The van der Waals surface area contributed by atoms with Crippen molar-refractivity contribution in [1.82, 2.24) is 5.32 Å². The fraction of sp³-hybridized carbons (Fsp3) is 1.00. The molecule has 2 N–H and O–H groups in total. The van der Waals surface area contributed by atoms with Crippen LogP contribution >= 0.6 is 0 Å². The van der Waals surface area contributed by atoms with Gasteiger partial charge < -0.3 is 10.4 Å². The average Bonchev–Trinajstić information content (AvgIpc) is 2.27. The van der Waals surface area contributed by atoms with Crippen LogP contribution in [0.2, 0.25) is 0 Å². The van der Waals surface area contributed by atoms with Gasteiger partial charge in [0.15, 0.2) is 0 Å². The topological polar surface area (TPSA) is 66.4 Å². The lowest BCUT2D eigenvalue weighted by atomic mass is 10.1. The smallest absolute Gasteiger partial charge is 0.150 e. The molecule has 0 radical (unpaired) electrons. The zero-order valence-electron chi connectivity index (χ0n) is 10.4. The van der Waals surface area contributed by atoms with Crippen molar-refractivity contribution >= 4 is 9.84 Å². The molecule has 1 atom stereocenters. The van der Waals surface area contributed by atoms with Crippen LogP contribution in [0.3, 0.4) is 0 Å². The molecule has 0 amide bonds. The second kappa shape index (κ2) is 8.96. The first kappa shape index (κ1) is 15.9. The second-order valence-corrected chi connectivity index (χ2v) is 6.74. The molecule has 0 aliphatic heterocycles. The predicted octanol–water partition coefficient (Wildman–Crippen LogP) is 0.809. The van der Waals surface area contributed by atoms with Crippen molar-refractivity contribution in [2.75, 3.05) is 31.2 Å². The quantitative estimate of drug-likeness (QED) is 0.564. The van der Waals surface area contributed by atoms with Crippen LogP contribution in [-0.4, -0.2) is 44.7 Å². The minimum Gasteiger partial charge on any atom is -0.396 e. The van der Waals surface area contributed by atoms with E-state index in [0.717, 1.165) is 25.9 Å². The zero-order chi connectivity index (χ0) is 12.4. The highest BCUT2D eigenvalue weighted by Crippen LogP contribution is 2.02. The Bertz CT molecular complexity index is 252. The van der Waals surface area contributed by atoms with Gasteiger partial charge in [-0.05, 0) is 38.3 Å². The maximum absolute atomic E-state index is 11.2. The van der Waals surface area contributed by atoms with Crippen molar-refractivity contribution in [3.05, 3.63) is 0 Å². The van der Waals surface area contributed by atoms with Crippen molar-refractivity contribution < 1.29 is 13.5 Å². The molecule has 0 aliphatic rings. The standard InChI is InChI=1S/C11H25NO3S/c1-3-16(14,15)9-5-8-12-7-4-6-11(2)10-13/h11-13H,3-10H2,1-2H3. The molecule has 0 rings (SSSR count). The number of rotatable bonds is 10. The SMILES string of the molecule is CCS(=O)(=O)CCCNCCCC(C)CO. The third kappa shape index (κ3) is 9.12. The Labute approximate surface area is 99.4 Å². The first-order valence-electron chi connectivity index (χ1n) is 6.03. The summed E-state index contributed by atoms with van der Waals surface area (Å²) >= 11 is 0. The van der Waals surface area contributed by atoms with E-state index < -0.39 is 9.84 Å². The molecule has 16 heavy (non-hydrogen) atoms. The Morgan fingerprint density at radius 3 is 2.44 bits per heavy atom. The second-order valence-electron chi connectivity index (χ2n) is 4.27. The lowest BCUT2D eigenvalue weighted by molar-refractivity contribution is 0.228. The van der Waals surface area contributed by atoms with Crippen LogP contribution in [0.25, 0.3) is 0 Å². The summed E-state index contributed by atoms with van der Waals surface area (Å²) in [6, 6.07) is 0. The van der Waals surface area contributed by atoms with Crippen LogP contribution in [0, 0.1) is 5.92 Å². The van der Waals surface area contributed by atoms with E-state index in [-0.39, 0.29) is 18.1 Å². The van der Waals surface area contributed by atoms with E-state index >= 15 is 0 Å². The van der Waals surface area contributed by atoms with Gasteiger partial charge in [0.1, 0.15) is 9.84 Å². The fourth-order valence-electron chi connectivity index (χ4n) is 1.35. The summed E-state index contributed by atoms with van der Waals surface area (Å²) < 4.78 is 22.3. The van der Waals surface area contributed by atoms with Crippen molar-refractivity contribution in [3.63, 3.8) is 0 Å². The van der Waals surface area contributed by atoms with E-state index in [2.05, 4.69) is 5.32 Å². The highest BCUT2D eigenvalue weighted by molar-refractivity contribution is 7.91. The van der Waals surface area contributed by atoms with Gasteiger partial charge in [0.2, 0.25) is 0 Å². The molecule has 0 aromatic rings. The van der Waals surface area contributed by atoms with E-state index in [1.807, 2.05) is 6.92 Å². The molecule has 0 heterocycles. The van der Waals surface area contributed by atoms with Crippen LogP contribution < -0.4 is 5.32 Å². The summed E-state index contributed by atoms with van der Waals surface area (Å²) in [5, 5.41) is 12.0. The highest BCUT2D eigenvalue weighted by Gasteiger charge is 2.05. The Balaban J connectivity index is 3.28. The summed E-state index contributed by atoms with van der Waals surface area (Å²) in [5.41, 5.74) is 0. The molecule has 0 aromatic heterocycles. The largest absolute Gasteiger partial charge is 0.396 e. The lowest BCUT2D eigenvalue weighted by Gasteiger charge is -2.08. The molecule has 0 aromatic carbocycles. The first-order valence-corrected chi connectivity index (χ1v) is 7.86. The molecule has 0 bridgehead atoms. The van der Waals surface area contributed by atoms with E-state index in [0.29, 0.717) is 12.3 Å². The molecule has 0 fully saturated rings. The van der Waals surface area contributed by atoms with Gasteiger partial charge in [0.25, 0.3) is 0 Å². The highest BCUT2D eigenvalue weighted by atomic mass is 32.2. The van der Waals surface area contributed by atoms with Crippen molar-refractivity contribution in [3.8, 4) is 0 Å². The van der Waals surface area contributed by atoms with Crippen LogP contribution in [0.15, 0.2) is 0 Å². The van der Waals surface area contributed by atoms with Gasteiger partial charge in [-0.15, -0.1) is 0 Å². The van der Waals surface area contributed by atoms with E-state index in [1.54, 1.807) is 6.92 Å². The molecular formula is C11H25NO3S. The molecule has 0 spiro atoms. The summed E-state index contributed by atoms with van der Waals surface area (Å²) in [5.74, 6) is 0.882. The van der Waals surface area contributed by atoms with Gasteiger partial charge in [-0.25, -0.2) is 8.42 Å². The lowest BCUT2D eigenvalue weighted by Crippen LogP contribution is -2.20. The number of sulfone groups is 1. The van der Waals surface area contributed by atoms with Crippen molar-refractivity contribution in [2.45, 2.75) is 33.1 Å². The van der Waals surface area contributed by atoms with Gasteiger partial charge in [-0.3, -0.25) is 0 Å². The van der Waals surface area contributed by atoms with Gasteiger partial charge >= 0.3 is 0 Å². The van der Waals surface area contributed by atoms with Gasteiger partial charge in [0, 0.05) is 12.4 Å². The number of hydrogen-bond donors (Lipinski definition) is 2. The first-order chi connectivity index (χ1) is 7.52. The monoisotopic (exact) mass is 251 g/mol. The van der Waals surface area contributed by atoms with E-state index in [4.69, 9.17) is 5.11 Å². The predicted molar refractivity (Wildman–Crippen MR) is 67.3 cm³/mol. The van der Waals surface area contributed by atoms with Crippen LogP contribution in [-0.2, 0) is 9.84 Å². The minimum absolute atomic E-state index is 0.237. The minimum atomic E-state index is -2.80.